The summed E-state index contributed by atoms with van der Waals surface area (Å²) in [6.45, 7) is 3.48. The number of ether oxygens (including phenoxy) is 1. The number of anilines is 1. The zero-order chi connectivity index (χ0) is 22.5. The van der Waals surface area contributed by atoms with Crippen molar-refractivity contribution in [3.63, 3.8) is 0 Å². The normalized spacial score (nSPS) is 16.5. The minimum atomic E-state index is -0.145. The first-order chi connectivity index (χ1) is 15.5. The molecule has 1 N–H and O–H groups in total. The van der Waals surface area contributed by atoms with E-state index in [0.717, 1.165) is 30.7 Å². The average molecular weight is 434 g/mol. The predicted molar refractivity (Wildman–Crippen MR) is 119 cm³/mol. The number of rotatable bonds is 7. The molecular formula is C24H26N4O4. The Morgan fingerprint density at radius 3 is 2.78 bits per heavy atom. The maximum Gasteiger partial charge on any atom is 0.241 e. The number of carbonyl (C=O) groups excluding carboxylic acids is 2. The lowest BCUT2D eigenvalue weighted by Gasteiger charge is -2.30. The standard InChI is InChI=1S/C24H26N4O4/c1-16(29)18-5-3-7-20(13-18)25-24(30)19-6-4-12-28(14-19)15-22-26-23(27-32-22)17-8-10-21(31-2)11-9-17/h3,5,7-11,13,19H,4,6,12,14-15H2,1-2H3,(H,25,30). The van der Waals surface area contributed by atoms with E-state index in [-0.39, 0.29) is 17.6 Å². The number of nitrogens with zero attached hydrogens (tertiary/aromatic N) is 3. The van der Waals surface area contributed by atoms with Gasteiger partial charge in [-0.05, 0) is 62.7 Å². The lowest BCUT2D eigenvalue weighted by atomic mass is 9.97. The van der Waals surface area contributed by atoms with Crippen LogP contribution in [0.3, 0.4) is 0 Å². The summed E-state index contributed by atoms with van der Waals surface area (Å²) in [5.74, 6) is 1.60. The number of aromatic nitrogens is 2. The van der Waals surface area contributed by atoms with Gasteiger partial charge >= 0.3 is 0 Å². The lowest BCUT2D eigenvalue weighted by molar-refractivity contribution is -0.121. The van der Waals surface area contributed by atoms with Crippen molar-refractivity contribution < 1.29 is 18.8 Å². The molecule has 8 nitrogen and oxygen atoms in total. The van der Waals surface area contributed by atoms with Crippen molar-refractivity contribution in [2.45, 2.75) is 26.3 Å². The fraction of sp³-hybridized carbons (Fsp3) is 0.333. The van der Waals surface area contributed by atoms with E-state index in [2.05, 4.69) is 20.4 Å². The fourth-order valence-electron chi connectivity index (χ4n) is 3.84. The second-order valence-electron chi connectivity index (χ2n) is 7.94. The Hall–Kier alpha value is -3.52. The highest BCUT2D eigenvalue weighted by atomic mass is 16.5. The van der Waals surface area contributed by atoms with Gasteiger partial charge in [0, 0.05) is 23.4 Å². The number of benzene rings is 2. The zero-order valence-electron chi connectivity index (χ0n) is 18.2. The molecule has 1 amide bonds. The highest BCUT2D eigenvalue weighted by molar-refractivity contribution is 5.97. The molecule has 1 saturated heterocycles. The summed E-state index contributed by atoms with van der Waals surface area (Å²) in [5.41, 5.74) is 2.07. The van der Waals surface area contributed by atoms with E-state index < -0.39 is 0 Å². The van der Waals surface area contributed by atoms with Gasteiger partial charge in [-0.2, -0.15) is 4.98 Å². The number of piperidine rings is 1. The van der Waals surface area contributed by atoms with E-state index in [4.69, 9.17) is 9.26 Å². The van der Waals surface area contributed by atoms with Gasteiger partial charge in [-0.3, -0.25) is 14.5 Å². The molecule has 4 rings (SSSR count). The van der Waals surface area contributed by atoms with Gasteiger partial charge in [0.1, 0.15) is 5.75 Å². The van der Waals surface area contributed by atoms with Crippen LogP contribution in [0.2, 0.25) is 0 Å². The summed E-state index contributed by atoms with van der Waals surface area (Å²) in [5, 5.41) is 7.03. The molecule has 3 aromatic rings. The van der Waals surface area contributed by atoms with Gasteiger partial charge in [0.2, 0.25) is 17.6 Å². The van der Waals surface area contributed by atoms with E-state index in [1.807, 2.05) is 24.3 Å². The Labute approximate surface area is 186 Å². The Kier molecular flexibility index (Phi) is 6.61. The predicted octanol–water partition coefficient (Wildman–Crippen LogP) is 3.80. The molecule has 1 aromatic heterocycles. The molecule has 8 heteroatoms. The molecule has 0 bridgehead atoms. The molecule has 1 fully saturated rings. The minimum absolute atomic E-state index is 0.0292. The van der Waals surface area contributed by atoms with Gasteiger partial charge in [-0.15, -0.1) is 0 Å². The van der Waals surface area contributed by atoms with Crippen LogP contribution in [0, 0.1) is 5.92 Å². The number of nitrogens with one attached hydrogen (secondary N) is 1. The third kappa shape index (κ3) is 5.20. The lowest BCUT2D eigenvalue weighted by Crippen LogP contribution is -2.40. The summed E-state index contributed by atoms with van der Waals surface area (Å²) in [6, 6.07) is 14.5. The van der Waals surface area contributed by atoms with Gasteiger partial charge in [0.25, 0.3) is 0 Å². The molecule has 0 spiro atoms. The molecule has 1 aliphatic rings. The number of hydrogen-bond acceptors (Lipinski definition) is 7. The van der Waals surface area contributed by atoms with Crippen molar-refractivity contribution in [1.82, 2.24) is 15.0 Å². The van der Waals surface area contributed by atoms with Crippen molar-refractivity contribution in [2.75, 3.05) is 25.5 Å². The first-order valence-electron chi connectivity index (χ1n) is 10.6. The van der Waals surface area contributed by atoms with Crippen molar-refractivity contribution in [3.05, 3.63) is 60.0 Å². The quantitative estimate of drug-likeness (QED) is 0.565. The van der Waals surface area contributed by atoms with E-state index in [9.17, 15) is 9.59 Å². The second kappa shape index (κ2) is 9.74. The first-order valence-corrected chi connectivity index (χ1v) is 10.6. The molecule has 1 unspecified atom stereocenters. The number of likely N-dealkylation sites (tertiary alicyclic amines) is 1. The van der Waals surface area contributed by atoms with Crippen LogP contribution >= 0.6 is 0 Å². The summed E-state index contributed by atoms with van der Waals surface area (Å²) in [7, 11) is 1.62. The SMILES string of the molecule is COc1ccc(-c2noc(CN3CCCC(C(=O)Nc4cccc(C(C)=O)c4)C3)n2)cc1. The zero-order valence-corrected chi connectivity index (χ0v) is 18.2. The maximum absolute atomic E-state index is 12.8. The number of carbonyl (C=O) groups is 2. The van der Waals surface area contributed by atoms with E-state index in [0.29, 0.717) is 36.1 Å². The van der Waals surface area contributed by atoms with Crippen LogP contribution in [0.15, 0.2) is 53.1 Å². The minimum Gasteiger partial charge on any atom is -0.497 e. The fourth-order valence-corrected chi connectivity index (χ4v) is 3.84. The van der Waals surface area contributed by atoms with Crippen LogP contribution in [-0.4, -0.2) is 46.9 Å². The van der Waals surface area contributed by atoms with Crippen molar-refractivity contribution >= 4 is 17.4 Å². The molecule has 0 aliphatic carbocycles. The molecule has 2 heterocycles. The molecular weight excluding hydrogens is 408 g/mol. The van der Waals surface area contributed by atoms with Crippen LogP contribution in [-0.2, 0) is 11.3 Å². The number of Topliss-reactive ketones (excluding diaryl/α,β-unsaturated/α-hetero) is 1. The molecule has 32 heavy (non-hydrogen) atoms. The Morgan fingerprint density at radius 2 is 2.03 bits per heavy atom. The summed E-state index contributed by atoms with van der Waals surface area (Å²) < 4.78 is 10.6. The molecule has 2 aromatic carbocycles. The largest absolute Gasteiger partial charge is 0.497 e. The molecule has 166 valence electrons. The molecule has 1 aliphatic heterocycles. The Morgan fingerprint density at radius 1 is 1.22 bits per heavy atom. The smallest absolute Gasteiger partial charge is 0.241 e. The number of amides is 1. The molecule has 0 saturated carbocycles. The van der Waals surface area contributed by atoms with E-state index in [1.165, 1.54) is 6.92 Å². The van der Waals surface area contributed by atoms with Crippen LogP contribution in [0.4, 0.5) is 5.69 Å². The first kappa shape index (κ1) is 21.7. The maximum atomic E-state index is 12.8. The van der Waals surface area contributed by atoms with Gasteiger partial charge in [0.05, 0.1) is 19.6 Å². The summed E-state index contributed by atoms with van der Waals surface area (Å²) >= 11 is 0. The average Bonchev–Trinajstić information content (AvgIpc) is 3.28. The Balaban J connectivity index is 1.36. The third-order valence-electron chi connectivity index (χ3n) is 5.59. The van der Waals surface area contributed by atoms with Crippen LogP contribution in [0.25, 0.3) is 11.4 Å². The number of ketones is 1. The van der Waals surface area contributed by atoms with Gasteiger partial charge in [-0.1, -0.05) is 17.3 Å². The third-order valence-corrected chi connectivity index (χ3v) is 5.59. The topological polar surface area (TPSA) is 97.6 Å². The molecule has 0 radical (unpaired) electrons. The Bertz CT molecular complexity index is 1090. The number of methoxy groups -OCH3 is 1. The number of hydrogen-bond donors (Lipinski definition) is 1. The summed E-state index contributed by atoms with van der Waals surface area (Å²) in [4.78, 5) is 31.0. The van der Waals surface area contributed by atoms with E-state index >= 15 is 0 Å². The van der Waals surface area contributed by atoms with Gasteiger partial charge in [-0.25, -0.2) is 0 Å². The second-order valence-corrected chi connectivity index (χ2v) is 7.94. The summed E-state index contributed by atoms with van der Waals surface area (Å²) in [6.07, 6.45) is 1.72. The van der Waals surface area contributed by atoms with E-state index in [1.54, 1.807) is 31.4 Å². The molecule has 1 atom stereocenters. The highest BCUT2D eigenvalue weighted by Crippen LogP contribution is 2.23. The van der Waals surface area contributed by atoms with Crippen molar-refractivity contribution in [1.29, 1.82) is 0 Å². The van der Waals surface area contributed by atoms with Crippen LogP contribution in [0.5, 0.6) is 5.75 Å². The monoisotopic (exact) mass is 434 g/mol. The van der Waals surface area contributed by atoms with Crippen LogP contribution in [0.1, 0.15) is 36.0 Å². The van der Waals surface area contributed by atoms with Crippen molar-refractivity contribution in [3.8, 4) is 17.1 Å². The van der Waals surface area contributed by atoms with Gasteiger partial charge in [0.15, 0.2) is 5.78 Å². The van der Waals surface area contributed by atoms with Gasteiger partial charge < -0.3 is 14.6 Å². The highest BCUT2D eigenvalue weighted by Gasteiger charge is 2.27. The van der Waals surface area contributed by atoms with Crippen molar-refractivity contribution in [2.24, 2.45) is 5.92 Å². The van der Waals surface area contributed by atoms with Crippen LogP contribution < -0.4 is 10.1 Å².